The van der Waals surface area contributed by atoms with Crippen LogP contribution in [0.5, 0.6) is 0 Å². The maximum atomic E-state index is 13.0. The van der Waals surface area contributed by atoms with E-state index in [9.17, 15) is 9.59 Å². The van der Waals surface area contributed by atoms with E-state index >= 15 is 0 Å². The molecule has 1 atom stereocenters. The number of halogens is 1. The van der Waals surface area contributed by atoms with Gasteiger partial charge in [-0.1, -0.05) is 65.8 Å². The van der Waals surface area contributed by atoms with Gasteiger partial charge >= 0.3 is 0 Å². The van der Waals surface area contributed by atoms with Gasteiger partial charge in [0.15, 0.2) is 5.16 Å². The van der Waals surface area contributed by atoms with Crippen LogP contribution in [0.4, 0.5) is 0 Å². The molecule has 1 aromatic heterocycles. The van der Waals surface area contributed by atoms with Crippen LogP contribution in [0.2, 0.25) is 5.02 Å². The molecule has 3 rings (SSSR count). The summed E-state index contributed by atoms with van der Waals surface area (Å²) in [6.45, 7) is 4.20. The fourth-order valence-electron chi connectivity index (χ4n) is 3.47. The average molecular weight is 483 g/mol. The lowest BCUT2D eigenvalue weighted by atomic mass is 10.0. The van der Waals surface area contributed by atoms with Crippen molar-refractivity contribution in [1.29, 1.82) is 0 Å². The summed E-state index contributed by atoms with van der Waals surface area (Å²) in [5.41, 5.74) is 4.36. The van der Waals surface area contributed by atoms with E-state index in [0.29, 0.717) is 18.0 Å². The van der Waals surface area contributed by atoms with Gasteiger partial charge in [0.25, 0.3) is 0 Å². The molecule has 6 nitrogen and oxygen atoms in total. The number of hydrogen-bond acceptors (Lipinski definition) is 5. The van der Waals surface area contributed by atoms with Gasteiger partial charge in [0, 0.05) is 29.4 Å². The summed E-state index contributed by atoms with van der Waals surface area (Å²) in [6, 6.07) is 15.7. The summed E-state index contributed by atoms with van der Waals surface area (Å²) >= 11 is 7.42. The highest BCUT2D eigenvalue weighted by Crippen LogP contribution is 2.18. The lowest BCUT2D eigenvalue weighted by Crippen LogP contribution is -2.40. The molecule has 172 valence electrons. The highest BCUT2D eigenvalue weighted by molar-refractivity contribution is 7.98. The summed E-state index contributed by atoms with van der Waals surface area (Å²) < 4.78 is 0. The first-order chi connectivity index (χ1) is 15.9. The quantitative estimate of drug-likeness (QED) is 0.344. The molecule has 0 fully saturated rings. The largest absolute Gasteiger partial charge is 0.350 e. The smallest absolute Gasteiger partial charge is 0.247 e. The van der Waals surface area contributed by atoms with Gasteiger partial charge in [-0.25, -0.2) is 9.97 Å². The van der Waals surface area contributed by atoms with Crippen LogP contribution >= 0.6 is 23.4 Å². The maximum absolute atomic E-state index is 13.0. The van der Waals surface area contributed by atoms with Gasteiger partial charge in [-0.3, -0.25) is 9.59 Å². The minimum Gasteiger partial charge on any atom is -0.350 e. The molecule has 0 aliphatic heterocycles. The lowest BCUT2D eigenvalue weighted by molar-refractivity contribution is -0.129. The van der Waals surface area contributed by atoms with E-state index in [1.807, 2.05) is 62.6 Å². The number of thioether (sulfide) groups is 1. The highest BCUT2D eigenvalue weighted by Gasteiger charge is 2.23. The number of carbonyl (C=O) groups is 2. The Morgan fingerprint density at radius 2 is 1.64 bits per heavy atom. The van der Waals surface area contributed by atoms with Gasteiger partial charge < -0.3 is 10.6 Å². The summed E-state index contributed by atoms with van der Waals surface area (Å²) in [7, 11) is 0. The van der Waals surface area contributed by atoms with E-state index in [1.54, 1.807) is 12.1 Å². The Morgan fingerprint density at radius 1 is 1.00 bits per heavy atom. The Kier molecular flexibility index (Phi) is 8.86. The van der Waals surface area contributed by atoms with E-state index in [4.69, 9.17) is 11.6 Å². The van der Waals surface area contributed by atoms with Crippen molar-refractivity contribution in [2.24, 2.45) is 0 Å². The highest BCUT2D eigenvalue weighted by atomic mass is 35.5. The van der Waals surface area contributed by atoms with Crippen molar-refractivity contribution < 1.29 is 9.59 Å². The number of hydrogen-bond donors (Lipinski definition) is 2. The Bertz CT molecular complexity index is 1080. The second kappa shape index (κ2) is 11.8. The molecule has 2 N–H and O–H groups in total. The van der Waals surface area contributed by atoms with Crippen molar-refractivity contribution in [3.63, 3.8) is 0 Å². The van der Waals surface area contributed by atoms with Gasteiger partial charge in [0.1, 0.15) is 6.04 Å². The molecule has 0 aliphatic carbocycles. The molecular formula is C25H27ClN4O2S. The zero-order chi connectivity index (χ0) is 23.8. The molecule has 1 heterocycles. The van der Waals surface area contributed by atoms with Crippen LogP contribution in [-0.2, 0) is 22.6 Å². The third kappa shape index (κ3) is 7.04. The molecule has 0 bridgehead atoms. The molecular weight excluding hydrogens is 456 g/mol. The van der Waals surface area contributed by atoms with E-state index in [1.165, 1.54) is 11.8 Å². The van der Waals surface area contributed by atoms with Gasteiger partial charge in [-0.05, 0) is 55.3 Å². The van der Waals surface area contributed by atoms with Crippen LogP contribution < -0.4 is 10.6 Å². The fraction of sp³-hybridized carbons (Fsp3) is 0.280. The van der Waals surface area contributed by atoms with Gasteiger partial charge in [-0.2, -0.15) is 0 Å². The summed E-state index contributed by atoms with van der Waals surface area (Å²) in [5, 5.41) is 7.16. The van der Waals surface area contributed by atoms with Gasteiger partial charge in [0.05, 0.1) is 0 Å². The number of aromatic nitrogens is 2. The first kappa shape index (κ1) is 24.7. The van der Waals surface area contributed by atoms with Crippen molar-refractivity contribution in [3.8, 4) is 0 Å². The maximum Gasteiger partial charge on any atom is 0.247 e. The molecule has 2 amide bonds. The van der Waals surface area contributed by atoms with E-state index in [-0.39, 0.29) is 18.2 Å². The second-order valence-electron chi connectivity index (χ2n) is 7.62. The SMILES string of the molecule is CSc1nc(C)c(CCC(=O)NC(C(=O)NCc2ccc(Cl)cc2)c2ccccc2)c(C)n1. The Morgan fingerprint density at radius 3 is 2.24 bits per heavy atom. The fourth-order valence-corrected chi connectivity index (χ4v) is 4.06. The third-order valence-corrected chi connectivity index (χ3v) is 6.06. The molecule has 33 heavy (non-hydrogen) atoms. The van der Waals surface area contributed by atoms with Crippen molar-refractivity contribution in [2.75, 3.05) is 6.26 Å². The first-order valence-electron chi connectivity index (χ1n) is 10.6. The monoisotopic (exact) mass is 482 g/mol. The van der Waals surface area contributed by atoms with Crippen LogP contribution in [0, 0.1) is 13.8 Å². The minimum atomic E-state index is -0.789. The van der Waals surface area contributed by atoms with Crippen molar-refractivity contribution in [1.82, 2.24) is 20.6 Å². The number of nitrogens with zero attached hydrogens (tertiary/aromatic N) is 2. The normalized spacial score (nSPS) is 11.6. The number of rotatable bonds is 9. The van der Waals surface area contributed by atoms with E-state index < -0.39 is 6.04 Å². The van der Waals surface area contributed by atoms with Crippen LogP contribution in [-0.4, -0.2) is 28.0 Å². The average Bonchev–Trinajstić information content (AvgIpc) is 2.81. The third-order valence-electron chi connectivity index (χ3n) is 5.27. The molecule has 0 saturated heterocycles. The van der Waals surface area contributed by atoms with E-state index in [0.717, 1.165) is 33.2 Å². The topological polar surface area (TPSA) is 84.0 Å². The zero-order valence-electron chi connectivity index (χ0n) is 18.9. The Balaban J connectivity index is 1.67. The molecule has 0 radical (unpaired) electrons. The number of aryl methyl sites for hydroxylation is 2. The van der Waals surface area contributed by atoms with Crippen LogP contribution in [0.15, 0.2) is 59.8 Å². The lowest BCUT2D eigenvalue weighted by Gasteiger charge is -2.19. The van der Waals surface area contributed by atoms with E-state index in [2.05, 4.69) is 20.6 Å². The summed E-state index contributed by atoms with van der Waals surface area (Å²) in [5.74, 6) is -0.484. The minimum absolute atomic E-state index is 0.210. The molecule has 0 aliphatic rings. The Hall–Kier alpha value is -2.90. The second-order valence-corrected chi connectivity index (χ2v) is 8.82. The van der Waals surface area contributed by atoms with Crippen molar-refractivity contribution in [2.45, 2.75) is 44.4 Å². The first-order valence-corrected chi connectivity index (χ1v) is 12.2. The zero-order valence-corrected chi connectivity index (χ0v) is 20.5. The predicted octanol–water partition coefficient (Wildman–Crippen LogP) is 4.58. The number of amides is 2. The summed E-state index contributed by atoms with van der Waals surface area (Å²) in [4.78, 5) is 34.8. The standard InChI is InChI=1S/C25H27ClN4O2S/c1-16-21(17(2)29-25(28-16)33-3)13-14-22(31)30-23(19-7-5-4-6-8-19)24(32)27-15-18-9-11-20(26)12-10-18/h4-12,23H,13-15H2,1-3H3,(H,27,32)(H,30,31). The van der Waals surface area contributed by atoms with Gasteiger partial charge in [0.2, 0.25) is 11.8 Å². The van der Waals surface area contributed by atoms with Gasteiger partial charge in [-0.15, -0.1) is 0 Å². The van der Waals surface area contributed by atoms with Crippen molar-refractivity contribution in [3.05, 3.63) is 87.7 Å². The molecule has 8 heteroatoms. The number of carbonyl (C=O) groups excluding carboxylic acids is 2. The molecule has 0 saturated carbocycles. The Labute approximate surface area is 203 Å². The van der Waals surface area contributed by atoms with Crippen LogP contribution in [0.1, 0.15) is 40.5 Å². The number of benzene rings is 2. The predicted molar refractivity (Wildman–Crippen MR) is 132 cm³/mol. The molecule has 2 aromatic carbocycles. The van der Waals surface area contributed by atoms with Crippen LogP contribution in [0.25, 0.3) is 0 Å². The molecule has 3 aromatic rings. The van der Waals surface area contributed by atoms with Crippen LogP contribution in [0.3, 0.4) is 0 Å². The molecule has 1 unspecified atom stereocenters. The summed E-state index contributed by atoms with van der Waals surface area (Å²) in [6.07, 6.45) is 2.67. The van der Waals surface area contributed by atoms with Crippen molar-refractivity contribution >= 4 is 35.2 Å². The molecule has 0 spiro atoms. The number of nitrogens with one attached hydrogen (secondary N) is 2.